The molecule has 2 aromatic rings. The number of nitrogens with zero attached hydrogens (tertiary/aromatic N) is 4. The Labute approximate surface area is 209 Å². The van der Waals surface area contributed by atoms with Crippen molar-refractivity contribution >= 4 is 29.9 Å². The third-order valence-electron chi connectivity index (χ3n) is 6.04. The molecule has 9 heteroatoms. The summed E-state index contributed by atoms with van der Waals surface area (Å²) in [5.41, 5.74) is 3.14. The number of nitrogens with one attached hydrogen (secondary N) is 2. The zero-order chi connectivity index (χ0) is 22.2. The number of rotatable bonds is 9. The number of halogens is 1. The topological polar surface area (TPSA) is 91.7 Å². The van der Waals surface area contributed by atoms with Gasteiger partial charge in [-0.25, -0.2) is 9.98 Å². The van der Waals surface area contributed by atoms with Crippen LogP contribution < -0.4 is 10.6 Å². The fourth-order valence-electron chi connectivity index (χ4n) is 4.00. The van der Waals surface area contributed by atoms with Gasteiger partial charge in [0.2, 0.25) is 5.89 Å². The van der Waals surface area contributed by atoms with Gasteiger partial charge in [-0.15, -0.1) is 24.0 Å². The van der Waals surface area contributed by atoms with Gasteiger partial charge >= 0.3 is 0 Å². The van der Waals surface area contributed by atoms with Crippen molar-refractivity contribution in [1.29, 1.82) is 0 Å². The van der Waals surface area contributed by atoms with Gasteiger partial charge in [0.15, 0.2) is 5.96 Å². The minimum absolute atomic E-state index is 0. The van der Waals surface area contributed by atoms with Gasteiger partial charge in [0.05, 0.1) is 24.5 Å². The summed E-state index contributed by atoms with van der Waals surface area (Å²) >= 11 is 0. The first-order valence-corrected chi connectivity index (χ1v) is 11.7. The lowest BCUT2D eigenvalue weighted by Crippen LogP contribution is -2.42. The van der Waals surface area contributed by atoms with Crippen LogP contribution in [-0.4, -0.2) is 47.2 Å². The molecule has 1 aliphatic rings. The van der Waals surface area contributed by atoms with Crippen LogP contribution in [0.25, 0.3) is 0 Å². The molecule has 0 atom stereocenters. The van der Waals surface area contributed by atoms with Gasteiger partial charge < -0.3 is 19.6 Å². The Kier molecular flexibility index (Phi) is 11.0. The summed E-state index contributed by atoms with van der Waals surface area (Å²) in [6.07, 6.45) is 4.03. The maximum atomic E-state index is 5.74. The molecular formula is C23H39IN6O2. The van der Waals surface area contributed by atoms with Crippen molar-refractivity contribution in [2.24, 2.45) is 10.9 Å². The highest BCUT2D eigenvalue weighted by atomic mass is 127. The molecule has 3 heterocycles. The van der Waals surface area contributed by atoms with Crippen molar-refractivity contribution in [3.63, 3.8) is 0 Å². The summed E-state index contributed by atoms with van der Waals surface area (Å²) in [6.45, 7) is 15.6. The monoisotopic (exact) mass is 558 g/mol. The highest BCUT2D eigenvalue weighted by Gasteiger charge is 2.21. The number of aromatic nitrogens is 2. The molecule has 0 spiro atoms. The highest BCUT2D eigenvalue weighted by Crippen LogP contribution is 2.20. The SMILES string of the molecule is CCNC(=NCc1c(CC)noc1CC)NCC1CCN(Cc2nc(C)c(C)o2)CC1.I. The van der Waals surface area contributed by atoms with E-state index >= 15 is 0 Å². The number of hydrogen-bond donors (Lipinski definition) is 2. The molecule has 0 amide bonds. The second-order valence-electron chi connectivity index (χ2n) is 8.28. The van der Waals surface area contributed by atoms with Crippen LogP contribution in [0.4, 0.5) is 0 Å². The number of hydrogen-bond acceptors (Lipinski definition) is 6. The van der Waals surface area contributed by atoms with Crippen molar-refractivity contribution in [1.82, 2.24) is 25.7 Å². The normalized spacial score (nSPS) is 15.6. The van der Waals surface area contributed by atoms with Gasteiger partial charge in [-0.05, 0) is 59.0 Å². The smallest absolute Gasteiger partial charge is 0.208 e. The Morgan fingerprint density at radius 2 is 1.88 bits per heavy atom. The summed E-state index contributed by atoms with van der Waals surface area (Å²) in [6, 6.07) is 0. The largest absolute Gasteiger partial charge is 0.444 e. The summed E-state index contributed by atoms with van der Waals surface area (Å²) in [4.78, 5) is 11.8. The summed E-state index contributed by atoms with van der Waals surface area (Å²) < 4.78 is 11.2. The maximum Gasteiger partial charge on any atom is 0.208 e. The first kappa shape index (κ1) is 26.6. The van der Waals surface area contributed by atoms with Crippen LogP contribution >= 0.6 is 24.0 Å². The number of likely N-dealkylation sites (tertiary alicyclic amines) is 1. The fourth-order valence-corrected chi connectivity index (χ4v) is 4.00. The molecule has 180 valence electrons. The standard InChI is InChI=1S/C23H38N6O2.HI/c1-6-20-19(21(7-2)31-28-20)14-26-23(24-8-3)25-13-18-9-11-29(12-10-18)15-22-27-16(4)17(5)30-22;/h18H,6-15H2,1-5H3,(H2,24,25,26);1H. The number of aliphatic imine (C=N–C) groups is 1. The van der Waals surface area contributed by atoms with E-state index in [2.05, 4.69) is 46.4 Å². The van der Waals surface area contributed by atoms with Crippen molar-refractivity contribution in [2.75, 3.05) is 26.2 Å². The van der Waals surface area contributed by atoms with Crippen molar-refractivity contribution in [2.45, 2.75) is 73.4 Å². The predicted molar refractivity (Wildman–Crippen MR) is 137 cm³/mol. The second kappa shape index (κ2) is 13.2. The van der Waals surface area contributed by atoms with Crippen LogP contribution in [0.5, 0.6) is 0 Å². The van der Waals surface area contributed by atoms with Gasteiger partial charge in [-0.2, -0.15) is 0 Å². The number of guanidine groups is 1. The van der Waals surface area contributed by atoms with E-state index in [1.54, 1.807) is 0 Å². The van der Waals surface area contributed by atoms with Gasteiger partial charge in [-0.3, -0.25) is 4.90 Å². The molecule has 2 N–H and O–H groups in total. The lowest BCUT2D eigenvalue weighted by atomic mass is 9.97. The van der Waals surface area contributed by atoms with Crippen LogP contribution in [0.15, 0.2) is 13.9 Å². The molecule has 8 nitrogen and oxygen atoms in total. The Morgan fingerprint density at radius 3 is 2.47 bits per heavy atom. The molecule has 1 aliphatic heterocycles. The molecular weight excluding hydrogens is 519 g/mol. The van der Waals surface area contributed by atoms with Crippen LogP contribution in [0.3, 0.4) is 0 Å². The Hall–Kier alpha value is -1.62. The van der Waals surface area contributed by atoms with Gasteiger partial charge in [0.25, 0.3) is 0 Å². The minimum atomic E-state index is 0. The van der Waals surface area contributed by atoms with Crippen molar-refractivity contribution in [3.8, 4) is 0 Å². The summed E-state index contributed by atoms with van der Waals surface area (Å²) in [5.74, 6) is 4.20. The number of oxazole rings is 1. The summed E-state index contributed by atoms with van der Waals surface area (Å²) in [5, 5.41) is 11.1. The zero-order valence-corrected chi connectivity index (χ0v) is 22.5. The van der Waals surface area contributed by atoms with Crippen LogP contribution in [0.1, 0.15) is 68.0 Å². The lowest BCUT2D eigenvalue weighted by Gasteiger charge is -2.31. The average Bonchev–Trinajstić information content (AvgIpc) is 3.32. The first-order chi connectivity index (χ1) is 15.0. The van der Waals surface area contributed by atoms with E-state index in [1.165, 1.54) is 0 Å². The number of aryl methyl sites for hydroxylation is 4. The molecule has 0 unspecified atom stereocenters. The maximum absolute atomic E-state index is 5.74. The highest BCUT2D eigenvalue weighted by molar-refractivity contribution is 14.0. The van der Waals surface area contributed by atoms with Crippen LogP contribution in [0, 0.1) is 19.8 Å². The van der Waals surface area contributed by atoms with Crippen LogP contribution in [0.2, 0.25) is 0 Å². The van der Waals surface area contributed by atoms with Gasteiger partial charge in [0.1, 0.15) is 11.5 Å². The molecule has 32 heavy (non-hydrogen) atoms. The predicted octanol–water partition coefficient (Wildman–Crippen LogP) is 3.99. The summed E-state index contributed by atoms with van der Waals surface area (Å²) in [7, 11) is 0. The van der Waals surface area contributed by atoms with E-state index in [0.29, 0.717) is 12.5 Å². The van der Waals surface area contributed by atoms with E-state index in [-0.39, 0.29) is 24.0 Å². The second-order valence-corrected chi connectivity index (χ2v) is 8.28. The molecule has 0 radical (unpaired) electrons. The lowest BCUT2D eigenvalue weighted by molar-refractivity contribution is 0.164. The zero-order valence-electron chi connectivity index (χ0n) is 20.2. The minimum Gasteiger partial charge on any atom is -0.444 e. The fraction of sp³-hybridized carbons (Fsp3) is 0.696. The van der Waals surface area contributed by atoms with E-state index in [4.69, 9.17) is 13.9 Å². The first-order valence-electron chi connectivity index (χ1n) is 11.7. The van der Waals surface area contributed by atoms with Crippen LogP contribution in [-0.2, 0) is 25.9 Å². The molecule has 0 bridgehead atoms. The third kappa shape index (κ3) is 7.19. The molecule has 1 fully saturated rings. The molecule has 0 aliphatic carbocycles. The average molecular weight is 559 g/mol. The van der Waals surface area contributed by atoms with Gasteiger partial charge in [-0.1, -0.05) is 19.0 Å². The third-order valence-corrected chi connectivity index (χ3v) is 6.04. The van der Waals surface area contributed by atoms with Crippen molar-refractivity contribution in [3.05, 3.63) is 34.4 Å². The van der Waals surface area contributed by atoms with E-state index in [1.807, 2.05) is 13.8 Å². The van der Waals surface area contributed by atoms with E-state index in [9.17, 15) is 0 Å². The quantitative estimate of drug-likeness (QED) is 0.273. The molecule has 0 saturated carbocycles. The van der Waals surface area contributed by atoms with Gasteiger partial charge in [0, 0.05) is 25.1 Å². The van der Waals surface area contributed by atoms with Crippen molar-refractivity contribution < 1.29 is 8.94 Å². The molecule has 1 saturated heterocycles. The van der Waals surface area contributed by atoms with E-state index < -0.39 is 0 Å². The molecule has 0 aromatic carbocycles. The Balaban J connectivity index is 0.00000363. The molecule has 2 aromatic heterocycles. The molecule has 3 rings (SSSR count). The number of piperidine rings is 1. The van der Waals surface area contributed by atoms with E-state index in [0.717, 1.165) is 98.7 Å². The Bertz CT molecular complexity index is 814. The Morgan fingerprint density at radius 1 is 1.12 bits per heavy atom.